The van der Waals surface area contributed by atoms with Crippen molar-refractivity contribution in [3.8, 4) is 0 Å². The van der Waals surface area contributed by atoms with Gasteiger partial charge in [-0.3, -0.25) is 0 Å². The maximum absolute atomic E-state index is 9.75. The van der Waals surface area contributed by atoms with Gasteiger partial charge in [0.2, 0.25) is 0 Å². The van der Waals surface area contributed by atoms with E-state index in [1.165, 1.54) is 34.1 Å². The summed E-state index contributed by atoms with van der Waals surface area (Å²) in [6.07, 6.45) is 11.5. The molecule has 0 saturated carbocycles. The number of hydrogen-bond acceptors (Lipinski definition) is 0. The van der Waals surface area contributed by atoms with E-state index in [9.17, 15) is 17.3 Å². The summed E-state index contributed by atoms with van der Waals surface area (Å²) in [5.74, 6) is 1.62. The van der Waals surface area contributed by atoms with E-state index in [4.69, 9.17) is 0 Å². The second kappa shape index (κ2) is 18.4. The number of hydrogen-bond donors (Lipinski definition) is 0. The van der Waals surface area contributed by atoms with E-state index in [1.807, 2.05) is 0 Å². The molecule has 2 aliphatic rings. The van der Waals surface area contributed by atoms with Gasteiger partial charge in [-0.2, -0.15) is 0 Å². The molecule has 228 valence electrons. The summed E-state index contributed by atoms with van der Waals surface area (Å²) >= 11 is 3.16. The van der Waals surface area contributed by atoms with Crippen molar-refractivity contribution in [3.05, 3.63) is 146 Å². The molecule has 2 aliphatic carbocycles. The molecule has 0 heterocycles. The van der Waals surface area contributed by atoms with Crippen molar-refractivity contribution in [1.82, 2.24) is 0 Å². The van der Waals surface area contributed by atoms with Crippen molar-refractivity contribution in [2.75, 3.05) is 0 Å². The molecule has 6 rings (SSSR count). The first-order valence-corrected chi connectivity index (χ1v) is 19.1. The van der Waals surface area contributed by atoms with Crippen LogP contribution < -0.4 is 21.2 Å². The van der Waals surface area contributed by atoms with E-state index < -0.39 is 7.25 Å². The Morgan fingerprint density at radius 2 is 0.884 bits per heavy atom. The third-order valence-electron chi connectivity index (χ3n) is 6.80. The minimum absolute atomic E-state index is 0.212. The quantitative estimate of drug-likeness (QED) is 0.0811. The zero-order valence-corrected chi connectivity index (χ0v) is 27.7. The van der Waals surface area contributed by atoms with Crippen LogP contribution in [-0.4, -0.2) is 12.9 Å². The summed E-state index contributed by atoms with van der Waals surface area (Å²) < 4.78 is 39.0. The van der Waals surface area contributed by atoms with E-state index in [0.29, 0.717) is 0 Å². The zero-order valence-electron chi connectivity index (χ0n) is 24.3. The predicted molar refractivity (Wildman–Crippen MR) is 178 cm³/mol. The Balaban J connectivity index is 0.000000173. The van der Waals surface area contributed by atoms with Crippen LogP contribution >= 0.6 is 14.2 Å². The van der Waals surface area contributed by atoms with E-state index in [2.05, 4.69) is 177 Å². The van der Waals surface area contributed by atoms with E-state index in [-0.39, 0.29) is 14.2 Å². The van der Waals surface area contributed by atoms with Crippen LogP contribution in [0.1, 0.15) is 26.7 Å². The summed E-state index contributed by atoms with van der Waals surface area (Å²) in [6.45, 7) is 4.65. The molecule has 0 N–H and O–H groups in total. The summed E-state index contributed by atoms with van der Waals surface area (Å²) in [7, 11) is -6.21. The van der Waals surface area contributed by atoms with Crippen LogP contribution in [0.15, 0.2) is 146 Å². The molecule has 8 heteroatoms. The summed E-state index contributed by atoms with van der Waals surface area (Å²) in [4.78, 5) is 0. The van der Waals surface area contributed by atoms with Crippen LogP contribution in [0.25, 0.3) is 0 Å². The second-order valence-electron chi connectivity index (χ2n) is 10.1. The Bertz CT molecular complexity index is 1260. The first-order valence-electron chi connectivity index (χ1n) is 14.3. The van der Waals surface area contributed by atoms with E-state index >= 15 is 0 Å². The first-order chi connectivity index (χ1) is 20.7. The molecule has 1 atom stereocenters. The standard InChI is InChI=1S/C16H19P.C12H10P.C7H8.BF4.Rh/c1-3-14(2)17(15-10-6-4-7-11-15)16-12-8-5-9-13-16;1-3-7-11(8-4-1)13-12-9-5-2-6-10-12;1-2-7-4-3-6(1)5-7;2-1(3,4)5;/h4-14H,3H2,1-2H3;1-10H;1-4,6-7H,5H2;;/q;-1;;-1;+1. The zero-order chi connectivity index (χ0) is 31.1. The van der Waals surface area contributed by atoms with Gasteiger partial charge in [-0.15, -0.1) is 0 Å². The van der Waals surface area contributed by atoms with Crippen LogP contribution in [-0.2, 0) is 17.8 Å². The number of benzene rings is 4. The molecular weight excluding hydrogens is 672 g/mol. The van der Waals surface area contributed by atoms with Gasteiger partial charge in [-0.25, -0.2) is 0 Å². The van der Waals surface area contributed by atoms with E-state index in [0.717, 1.165) is 17.5 Å². The normalized spacial score (nSPS) is 16.9. The third kappa shape index (κ3) is 13.0. The molecule has 0 amide bonds. The molecule has 0 saturated heterocycles. The van der Waals surface area contributed by atoms with Crippen LogP contribution in [0.2, 0.25) is 0 Å². The van der Waals surface area contributed by atoms with Gasteiger partial charge in [0, 0.05) is 0 Å². The van der Waals surface area contributed by atoms with Crippen molar-refractivity contribution in [3.63, 3.8) is 0 Å². The van der Waals surface area contributed by atoms with Crippen LogP contribution in [0.3, 0.4) is 0 Å². The van der Waals surface area contributed by atoms with Crippen LogP contribution in [0.4, 0.5) is 17.3 Å². The van der Waals surface area contributed by atoms with Gasteiger partial charge in [-0.1, -0.05) is 98.8 Å². The van der Waals surface area contributed by atoms with Gasteiger partial charge >= 0.3 is 103 Å². The van der Waals surface area contributed by atoms with Crippen molar-refractivity contribution >= 4 is 42.6 Å². The molecule has 0 aliphatic heterocycles. The Kier molecular flexibility index (Phi) is 15.1. The molecule has 0 nitrogen and oxygen atoms in total. The van der Waals surface area contributed by atoms with Crippen molar-refractivity contribution in [2.45, 2.75) is 32.3 Å². The fourth-order valence-electron chi connectivity index (χ4n) is 4.60. The third-order valence-corrected chi connectivity index (χ3v) is 13.7. The molecular formula is C35H37BF4P2Rh-. The molecule has 0 aromatic heterocycles. The van der Waals surface area contributed by atoms with Gasteiger partial charge < -0.3 is 17.3 Å². The Morgan fingerprint density at radius 1 is 0.605 bits per heavy atom. The summed E-state index contributed by atoms with van der Waals surface area (Å²) in [5, 5.41) is 5.76. The molecule has 43 heavy (non-hydrogen) atoms. The number of halogens is 4. The predicted octanol–water partition coefficient (Wildman–Crippen LogP) is 9.55. The minimum atomic E-state index is -6.00. The molecule has 2 bridgehead atoms. The molecule has 1 unspecified atom stereocenters. The average Bonchev–Trinajstić information content (AvgIpc) is 3.69. The molecule has 0 spiro atoms. The van der Waals surface area contributed by atoms with Crippen molar-refractivity contribution < 1.29 is 35.1 Å². The van der Waals surface area contributed by atoms with Gasteiger partial charge in [0.15, 0.2) is 0 Å². The van der Waals surface area contributed by atoms with Gasteiger partial charge in [0.25, 0.3) is 0 Å². The topological polar surface area (TPSA) is 0 Å². The molecule has 0 radical (unpaired) electrons. The average molecular weight is 709 g/mol. The Hall–Kier alpha value is -2.37. The van der Waals surface area contributed by atoms with Gasteiger partial charge in [-0.05, 0) is 48.9 Å². The second-order valence-corrected chi connectivity index (χ2v) is 16.5. The first kappa shape index (κ1) is 35.1. The number of allylic oxidation sites excluding steroid dienone is 4. The maximum atomic E-state index is 9.75. The summed E-state index contributed by atoms with van der Waals surface area (Å²) in [6, 6.07) is 43.1. The molecule has 0 fully saturated rings. The fourth-order valence-corrected chi connectivity index (χ4v) is 9.87. The Labute approximate surface area is 266 Å². The van der Waals surface area contributed by atoms with Crippen LogP contribution in [0, 0.1) is 11.8 Å². The van der Waals surface area contributed by atoms with E-state index in [1.54, 1.807) is 0 Å². The molecule has 4 aromatic carbocycles. The SMILES string of the molecule is C1=CC2C=CC1C2.CCC(C)P(c1ccccc1)c1ccccc1.F[B-](F)(F)F.[Rh][P](c1ccccc1)c1ccccc1. The monoisotopic (exact) mass is 709 g/mol. The number of fused-ring (bicyclic) bond motifs is 2. The van der Waals surface area contributed by atoms with Crippen LogP contribution in [0.5, 0.6) is 0 Å². The molecule has 4 aromatic rings. The van der Waals surface area contributed by atoms with Gasteiger partial charge in [0.05, 0.1) is 0 Å². The number of rotatable bonds is 6. The summed E-state index contributed by atoms with van der Waals surface area (Å²) in [5.41, 5.74) is 0.731. The van der Waals surface area contributed by atoms with Gasteiger partial charge in [0.1, 0.15) is 0 Å². The Morgan fingerprint density at radius 3 is 1.12 bits per heavy atom. The fraction of sp³-hybridized carbons (Fsp3) is 0.200. The van der Waals surface area contributed by atoms with Crippen molar-refractivity contribution in [2.24, 2.45) is 11.8 Å². The van der Waals surface area contributed by atoms with Crippen molar-refractivity contribution in [1.29, 1.82) is 0 Å².